The lowest BCUT2D eigenvalue weighted by Gasteiger charge is -2.15. The number of carbonyl (C=O) groups is 2. The van der Waals surface area contributed by atoms with Gasteiger partial charge in [-0.2, -0.15) is 5.10 Å². The van der Waals surface area contributed by atoms with Gasteiger partial charge in [-0.15, -0.1) is 0 Å². The van der Waals surface area contributed by atoms with E-state index in [4.69, 9.17) is 4.98 Å². The Morgan fingerprint density at radius 2 is 1.86 bits per heavy atom. The molecule has 0 spiro atoms. The van der Waals surface area contributed by atoms with E-state index in [1.165, 1.54) is 0 Å². The van der Waals surface area contributed by atoms with Crippen molar-refractivity contribution in [2.75, 3.05) is 18.4 Å². The molecule has 5 aromatic rings. The quantitative estimate of drug-likeness (QED) is 0.338. The Kier molecular flexibility index (Phi) is 4.98. The highest BCUT2D eigenvalue weighted by Gasteiger charge is 2.29. The van der Waals surface area contributed by atoms with Crippen LogP contribution in [0.2, 0.25) is 0 Å². The zero-order chi connectivity index (χ0) is 24.9. The molecule has 4 aromatic heterocycles. The molecule has 0 radical (unpaired) electrons. The molecule has 2 amide bonds. The van der Waals surface area contributed by atoms with E-state index in [1.807, 2.05) is 35.2 Å². The zero-order valence-corrected chi connectivity index (χ0v) is 20.0. The molecule has 10 nitrogen and oxygen atoms in total. The second-order valence-electron chi connectivity index (χ2n) is 9.71. The average Bonchev–Trinajstić information content (AvgIpc) is 3.29. The molecular formula is C27H24N8O2. The van der Waals surface area contributed by atoms with Crippen molar-refractivity contribution >= 4 is 39.6 Å². The molecule has 184 valence electrons. The Morgan fingerprint density at radius 1 is 1.03 bits per heavy atom. The molecule has 0 unspecified atom stereocenters. The molecule has 0 atom stereocenters. The van der Waals surface area contributed by atoms with Crippen molar-refractivity contribution in [3.63, 3.8) is 0 Å². The number of amides is 2. The molecule has 1 saturated carbocycles. The van der Waals surface area contributed by atoms with E-state index in [9.17, 15) is 9.59 Å². The number of hydrogen-bond acceptors (Lipinski definition) is 6. The Balaban J connectivity index is 1.25. The van der Waals surface area contributed by atoms with Crippen LogP contribution in [0.25, 0.3) is 44.7 Å². The topological polar surface area (TPSA) is 133 Å². The summed E-state index contributed by atoms with van der Waals surface area (Å²) in [7, 11) is 0. The van der Waals surface area contributed by atoms with Crippen LogP contribution in [0.4, 0.5) is 5.69 Å². The minimum absolute atomic E-state index is 0.0146. The molecule has 37 heavy (non-hydrogen) atoms. The number of H-pyrrole nitrogens is 2. The van der Waals surface area contributed by atoms with Gasteiger partial charge in [0.2, 0.25) is 5.91 Å². The number of imidazole rings is 1. The molecule has 10 heteroatoms. The fourth-order valence-corrected chi connectivity index (χ4v) is 4.91. The summed E-state index contributed by atoms with van der Waals surface area (Å²) < 4.78 is 0. The van der Waals surface area contributed by atoms with Crippen LogP contribution in [0.5, 0.6) is 0 Å². The van der Waals surface area contributed by atoms with Gasteiger partial charge in [-0.25, -0.2) is 9.97 Å². The van der Waals surface area contributed by atoms with Crippen molar-refractivity contribution < 1.29 is 9.59 Å². The van der Waals surface area contributed by atoms with E-state index >= 15 is 0 Å². The molecule has 3 N–H and O–H groups in total. The fourth-order valence-electron chi connectivity index (χ4n) is 4.91. The van der Waals surface area contributed by atoms with Crippen LogP contribution in [0, 0.1) is 5.92 Å². The predicted molar refractivity (Wildman–Crippen MR) is 139 cm³/mol. The summed E-state index contributed by atoms with van der Waals surface area (Å²) in [5.41, 5.74) is 5.60. The monoisotopic (exact) mass is 492 g/mol. The minimum Gasteiger partial charge on any atom is -0.339 e. The van der Waals surface area contributed by atoms with Crippen LogP contribution in [0.1, 0.15) is 36.0 Å². The van der Waals surface area contributed by atoms with Gasteiger partial charge in [0.15, 0.2) is 11.5 Å². The van der Waals surface area contributed by atoms with Crippen LogP contribution >= 0.6 is 0 Å². The third-order valence-electron chi connectivity index (χ3n) is 7.07. The van der Waals surface area contributed by atoms with E-state index in [1.54, 1.807) is 18.6 Å². The number of carbonyl (C=O) groups excluding carboxylic acids is 2. The smallest absolute Gasteiger partial charge is 0.256 e. The molecule has 1 aromatic carbocycles. The maximum Gasteiger partial charge on any atom is 0.256 e. The predicted octanol–water partition coefficient (Wildman–Crippen LogP) is 4.15. The maximum absolute atomic E-state index is 13.1. The SMILES string of the molecule is O=C(Nc1cncc(-c2cnc3n[nH]c(-c4nc5c(C(=O)N6CCCC6)cccc5[nH]4)c3c2)c1)C1CC1. The van der Waals surface area contributed by atoms with E-state index in [-0.39, 0.29) is 17.7 Å². The van der Waals surface area contributed by atoms with Crippen molar-refractivity contribution in [1.29, 1.82) is 0 Å². The number of anilines is 1. The van der Waals surface area contributed by atoms with Crippen molar-refractivity contribution in [1.82, 2.24) is 35.0 Å². The second-order valence-corrected chi connectivity index (χ2v) is 9.71. The zero-order valence-electron chi connectivity index (χ0n) is 20.0. The first-order valence-corrected chi connectivity index (χ1v) is 12.5. The lowest BCUT2D eigenvalue weighted by molar-refractivity contribution is -0.117. The molecule has 1 saturated heterocycles. The van der Waals surface area contributed by atoms with Gasteiger partial charge in [-0.1, -0.05) is 6.07 Å². The largest absolute Gasteiger partial charge is 0.339 e. The van der Waals surface area contributed by atoms with Crippen molar-refractivity contribution in [3.05, 3.63) is 54.5 Å². The van der Waals surface area contributed by atoms with E-state index in [0.29, 0.717) is 33.9 Å². The number of para-hydroxylation sites is 1. The number of benzene rings is 1. The second kappa shape index (κ2) is 8.51. The Morgan fingerprint density at radius 3 is 2.70 bits per heavy atom. The van der Waals surface area contributed by atoms with Gasteiger partial charge in [0.1, 0.15) is 11.2 Å². The van der Waals surface area contributed by atoms with Crippen LogP contribution in [-0.4, -0.2) is 59.9 Å². The number of nitrogens with one attached hydrogen (secondary N) is 3. The Bertz CT molecular complexity index is 1680. The normalized spacial score (nSPS) is 15.5. The number of likely N-dealkylation sites (tertiary alicyclic amines) is 1. The summed E-state index contributed by atoms with van der Waals surface area (Å²) in [5.74, 6) is 0.754. The van der Waals surface area contributed by atoms with Gasteiger partial charge >= 0.3 is 0 Å². The molecule has 1 aliphatic carbocycles. The summed E-state index contributed by atoms with van der Waals surface area (Å²) in [5, 5.41) is 11.2. The highest BCUT2D eigenvalue weighted by molar-refractivity contribution is 6.06. The molecule has 2 fully saturated rings. The molecule has 1 aliphatic heterocycles. The lowest BCUT2D eigenvalue weighted by atomic mass is 10.1. The number of hydrogen-bond donors (Lipinski definition) is 3. The standard InChI is InChI=1S/C27H24N8O2/c36-26(15-6-7-15)30-18-10-16(12-28-14-18)17-11-20-23(33-34-24(20)29-13-17)25-31-21-5-3-4-19(22(21)32-25)27(37)35-8-1-2-9-35/h3-5,10-15H,1-2,6-9H2,(H,30,36)(H,31,32)(H,29,33,34). The maximum atomic E-state index is 13.1. The van der Waals surface area contributed by atoms with Crippen molar-refractivity contribution in [2.24, 2.45) is 5.92 Å². The van der Waals surface area contributed by atoms with Crippen LogP contribution in [0.3, 0.4) is 0 Å². The molecule has 0 bridgehead atoms. The Hall–Kier alpha value is -4.60. The third kappa shape index (κ3) is 3.90. The average molecular weight is 493 g/mol. The highest BCUT2D eigenvalue weighted by Crippen LogP contribution is 2.32. The van der Waals surface area contributed by atoms with Gasteiger partial charge in [0.25, 0.3) is 5.91 Å². The summed E-state index contributed by atoms with van der Waals surface area (Å²) in [6.45, 7) is 1.57. The first-order chi connectivity index (χ1) is 18.1. The van der Waals surface area contributed by atoms with Gasteiger partial charge < -0.3 is 15.2 Å². The van der Waals surface area contributed by atoms with Gasteiger partial charge in [-0.05, 0) is 49.9 Å². The van der Waals surface area contributed by atoms with Gasteiger partial charge in [0.05, 0.1) is 28.4 Å². The van der Waals surface area contributed by atoms with Gasteiger partial charge in [-0.3, -0.25) is 19.7 Å². The van der Waals surface area contributed by atoms with E-state index < -0.39 is 0 Å². The lowest BCUT2D eigenvalue weighted by Crippen LogP contribution is -2.27. The molecule has 2 aliphatic rings. The summed E-state index contributed by atoms with van der Waals surface area (Å²) in [6.07, 6.45) is 9.09. The first kappa shape index (κ1) is 21.7. The fraction of sp³-hybridized carbons (Fsp3) is 0.259. The highest BCUT2D eigenvalue weighted by atomic mass is 16.2. The summed E-state index contributed by atoms with van der Waals surface area (Å²) in [4.78, 5) is 44.2. The minimum atomic E-state index is 0.0146. The molecule has 5 heterocycles. The summed E-state index contributed by atoms with van der Waals surface area (Å²) >= 11 is 0. The molecular weight excluding hydrogens is 468 g/mol. The number of nitrogens with zero attached hydrogens (tertiary/aromatic N) is 5. The number of rotatable bonds is 5. The van der Waals surface area contributed by atoms with Crippen molar-refractivity contribution in [2.45, 2.75) is 25.7 Å². The number of fused-ring (bicyclic) bond motifs is 2. The van der Waals surface area contributed by atoms with Crippen LogP contribution in [-0.2, 0) is 4.79 Å². The van der Waals surface area contributed by atoms with Crippen LogP contribution in [0.15, 0.2) is 48.9 Å². The van der Waals surface area contributed by atoms with E-state index in [2.05, 4.69) is 30.5 Å². The molecule has 7 rings (SSSR count). The van der Waals surface area contributed by atoms with Crippen LogP contribution < -0.4 is 5.32 Å². The Labute approximate surface area is 211 Å². The van der Waals surface area contributed by atoms with E-state index in [0.717, 1.165) is 60.8 Å². The number of aromatic amines is 2. The first-order valence-electron chi connectivity index (χ1n) is 12.5. The van der Waals surface area contributed by atoms with Gasteiger partial charge in [0, 0.05) is 42.5 Å². The third-order valence-corrected chi connectivity index (χ3v) is 7.07. The number of pyridine rings is 2. The van der Waals surface area contributed by atoms with Crippen molar-refractivity contribution in [3.8, 4) is 22.6 Å². The summed E-state index contributed by atoms with van der Waals surface area (Å²) in [6, 6.07) is 9.50. The number of aromatic nitrogens is 6.